The summed E-state index contributed by atoms with van der Waals surface area (Å²) in [5.74, 6) is 1.60. The predicted molar refractivity (Wildman–Crippen MR) is 71.2 cm³/mol. The third kappa shape index (κ3) is 2.26. The molecule has 3 nitrogen and oxygen atoms in total. The van der Waals surface area contributed by atoms with E-state index in [1.54, 1.807) is 0 Å². The number of halogens is 1. The molecule has 2 aliphatic rings. The number of benzene rings is 1. The quantitative estimate of drug-likeness (QED) is 0.805. The highest BCUT2D eigenvalue weighted by molar-refractivity contribution is 9.10. The molecule has 1 aliphatic carbocycles. The van der Waals surface area contributed by atoms with E-state index in [0.29, 0.717) is 6.42 Å². The Balaban J connectivity index is 1.86. The molecule has 1 heterocycles. The fourth-order valence-electron chi connectivity index (χ4n) is 2.20. The molecule has 18 heavy (non-hydrogen) atoms. The molecule has 1 aliphatic heterocycles. The lowest BCUT2D eigenvalue weighted by Crippen LogP contribution is -2.17. The van der Waals surface area contributed by atoms with Crippen LogP contribution in [-0.4, -0.2) is 19.5 Å². The summed E-state index contributed by atoms with van der Waals surface area (Å²) in [6.45, 7) is 1.48. The first-order valence-electron chi connectivity index (χ1n) is 6.24. The van der Waals surface area contributed by atoms with Crippen molar-refractivity contribution < 1.29 is 14.3 Å². The zero-order valence-corrected chi connectivity index (χ0v) is 11.7. The first kappa shape index (κ1) is 12.0. The molecule has 0 radical (unpaired) electrons. The van der Waals surface area contributed by atoms with Gasteiger partial charge in [-0.1, -0.05) is 0 Å². The lowest BCUT2D eigenvalue weighted by molar-refractivity contribution is -0.107. The summed E-state index contributed by atoms with van der Waals surface area (Å²) in [6.07, 6.45) is 4.60. The van der Waals surface area contributed by atoms with Crippen LogP contribution in [0.5, 0.6) is 11.5 Å². The number of aryl methyl sites for hydroxylation is 1. The molecule has 0 atom stereocenters. The Hall–Kier alpha value is -1.03. The average molecular weight is 311 g/mol. The number of hydrogen-bond acceptors (Lipinski definition) is 3. The van der Waals surface area contributed by atoms with Gasteiger partial charge in [0.15, 0.2) is 11.5 Å². The van der Waals surface area contributed by atoms with Crippen molar-refractivity contribution in [1.82, 2.24) is 0 Å². The fraction of sp³-hybridized carbons (Fsp3) is 0.500. The van der Waals surface area contributed by atoms with Crippen LogP contribution in [0, 0.1) is 5.41 Å². The largest absolute Gasteiger partial charge is 0.489 e. The topological polar surface area (TPSA) is 35.5 Å². The van der Waals surface area contributed by atoms with Crippen LogP contribution in [0.1, 0.15) is 24.8 Å². The monoisotopic (exact) mass is 310 g/mol. The van der Waals surface area contributed by atoms with Crippen LogP contribution in [0.2, 0.25) is 0 Å². The minimum Gasteiger partial charge on any atom is -0.489 e. The van der Waals surface area contributed by atoms with Gasteiger partial charge < -0.3 is 14.3 Å². The van der Waals surface area contributed by atoms with Gasteiger partial charge in [-0.3, -0.25) is 0 Å². The van der Waals surface area contributed by atoms with Crippen LogP contribution in [0.3, 0.4) is 0 Å². The van der Waals surface area contributed by atoms with Gasteiger partial charge in [0.1, 0.15) is 6.29 Å². The van der Waals surface area contributed by atoms with E-state index < -0.39 is 0 Å². The van der Waals surface area contributed by atoms with Gasteiger partial charge in [0.2, 0.25) is 0 Å². The van der Waals surface area contributed by atoms with Crippen LogP contribution in [0.4, 0.5) is 0 Å². The van der Waals surface area contributed by atoms with Crippen molar-refractivity contribution in [3.8, 4) is 11.5 Å². The fourth-order valence-corrected chi connectivity index (χ4v) is 2.81. The number of hydrogen-bond donors (Lipinski definition) is 0. The second-order valence-corrected chi connectivity index (χ2v) is 6.04. The van der Waals surface area contributed by atoms with E-state index in [2.05, 4.69) is 15.9 Å². The molecular weight excluding hydrogens is 296 g/mol. The Morgan fingerprint density at radius 3 is 2.78 bits per heavy atom. The average Bonchev–Trinajstić information content (AvgIpc) is 3.15. The van der Waals surface area contributed by atoms with E-state index in [4.69, 9.17) is 9.47 Å². The molecule has 1 fully saturated rings. The molecule has 0 amide bonds. The normalized spacial score (nSPS) is 19.4. The first-order valence-corrected chi connectivity index (χ1v) is 7.03. The van der Waals surface area contributed by atoms with Crippen LogP contribution >= 0.6 is 15.9 Å². The van der Waals surface area contributed by atoms with Crippen LogP contribution < -0.4 is 9.47 Å². The Bertz CT molecular complexity index is 480. The minimum absolute atomic E-state index is 0.251. The van der Waals surface area contributed by atoms with Gasteiger partial charge >= 0.3 is 0 Å². The second-order valence-electron chi connectivity index (χ2n) is 5.19. The van der Waals surface area contributed by atoms with Gasteiger partial charge in [0.05, 0.1) is 17.7 Å². The smallest absolute Gasteiger partial charge is 0.175 e. The Labute approximate surface area is 115 Å². The van der Waals surface area contributed by atoms with Crippen molar-refractivity contribution in [2.45, 2.75) is 25.7 Å². The van der Waals surface area contributed by atoms with Crippen LogP contribution in [0.25, 0.3) is 0 Å². The second kappa shape index (κ2) is 4.57. The third-order valence-corrected chi connectivity index (χ3v) is 4.22. The molecule has 0 saturated heterocycles. The van der Waals surface area contributed by atoms with Crippen LogP contribution in [0.15, 0.2) is 16.6 Å². The van der Waals surface area contributed by atoms with Gasteiger partial charge in [-0.15, -0.1) is 0 Å². The number of carbonyl (C=O) groups is 1. The van der Waals surface area contributed by atoms with Gasteiger partial charge in [-0.25, -0.2) is 0 Å². The van der Waals surface area contributed by atoms with Crippen molar-refractivity contribution in [2.75, 3.05) is 13.2 Å². The molecule has 1 aromatic rings. The molecule has 1 saturated carbocycles. The highest BCUT2D eigenvalue weighted by Crippen LogP contribution is 2.50. The van der Waals surface area contributed by atoms with E-state index >= 15 is 0 Å². The SMILES string of the molecule is O=CCCc1cc(Br)c2c(c1)OCC1(CC1)CO2. The van der Waals surface area contributed by atoms with Crippen molar-refractivity contribution >= 4 is 22.2 Å². The molecule has 1 spiro atoms. The van der Waals surface area contributed by atoms with E-state index in [0.717, 1.165) is 47.5 Å². The molecule has 0 bridgehead atoms. The predicted octanol–water partition coefficient (Wildman–Crippen LogP) is 3.13. The van der Waals surface area contributed by atoms with Crippen molar-refractivity contribution in [2.24, 2.45) is 5.41 Å². The maximum absolute atomic E-state index is 10.4. The van der Waals surface area contributed by atoms with Crippen molar-refractivity contribution in [3.63, 3.8) is 0 Å². The standard InChI is InChI=1S/C14H15BrO3/c15-11-6-10(2-1-5-16)7-12-13(11)18-9-14(3-4-14)8-17-12/h5-7H,1-4,8-9H2. The summed E-state index contributed by atoms with van der Waals surface area (Å²) < 4.78 is 12.7. The molecule has 96 valence electrons. The first-order chi connectivity index (χ1) is 8.72. The van der Waals surface area contributed by atoms with E-state index in [9.17, 15) is 4.79 Å². The molecule has 0 N–H and O–H groups in total. The number of carbonyl (C=O) groups excluding carboxylic acids is 1. The van der Waals surface area contributed by atoms with Gasteiger partial charge in [0.25, 0.3) is 0 Å². The van der Waals surface area contributed by atoms with E-state index in [1.807, 2.05) is 12.1 Å². The van der Waals surface area contributed by atoms with E-state index in [-0.39, 0.29) is 5.41 Å². The third-order valence-electron chi connectivity index (χ3n) is 3.63. The maximum Gasteiger partial charge on any atom is 0.175 e. The number of aldehydes is 1. The summed E-state index contributed by atoms with van der Waals surface area (Å²) in [7, 11) is 0. The lowest BCUT2D eigenvalue weighted by atomic mass is 10.1. The minimum atomic E-state index is 0.251. The molecule has 1 aromatic carbocycles. The van der Waals surface area contributed by atoms with Gasteiger partial charge in [-0.2, -0.15) is 0 Å². The summed E-state index contributed by atoms with van der Waals surface area (Å²) in [4.78, 5) is 10.4. The zero-order chi connectivity index (χ0) is 12.6. The van der Waals surface area contributed by atoms with Crippen molar-refractivity contribution in [1.29, 1.82) is 0 Å². The Morgan fingerprint density at radius 1 is 1.28 bits per heavy atom. The maximum atomic E-state index is 10.4. The summed E-state index contributed by atoms with van der Waals surface area (Å²) >= 11 is 3.52. The van der Waals surface area contributed by atoms with Gasteiger partial charge in [-0.05, 0) is 52.9 Å². The highest BCUT2D eigenvalue weighted by Gasteiger charge is 2.46. The Kier molecular flexibility index (Phi) is 3.06. The summed E-state index contributed by atoms with van der Waals surface area (Å²) in [6, 6.07) is 4.00. The molecular formula is C14H15BrO3. The zero-order valence-electron chi connectivity index (χ0n) is 10.1. The number of rotatable bonds is 3. The number of fused-ring (bicyclic) bond motifs is 1. The highest BCUT2D eigenvalue weighted by atomic mass is 79.9. The summed E-state index contributed by atoms with van der Waals surface area (Å²) in [5, 5.41) is 0. The van der Waals surface area contributed by atoms with Crippen LogP contribution in [-0.2, 0) is 11.2 Å². The van der Waals surface area contributed by atoms with Gasteiger partial charge in [0, 0.05) is 11.8 Å². The summed E-state index contributed by atoms with van der Waals surface area (Å²) in [5.41, 5.74) is 1.35. The molecule has 0 unspecified atom stereocenters. The van der Waals surface area contributed by atoms with E-state index in [1.165, 1.54) is 12.8 Å². The molecule has 0 aromatic heterocycles. The Morgan fingerprint density at radius 2 is 2.06 bits per heavy atom. The van der Waals surface area contributed by atoms with Crippen molar-refractivity contribution in [3.05, 3.63) is 22.2 Å². The molecule has 4 heteroatoms. The lowest BCUT2D eigenvalue weighted by Gasteiger charge is -2.11. The molecule has 3 rings (SSSR count). The number of ether oxygens (including phenoxy) is 2.